The maximum Gasteiger partial charge on any atom is 0.275 e. The molecule has 0 spiro atoms. The molecule has 0 unspecified atom stereocenters. The van der Waals surface area contributed by atoms with Gasteiger partial charge in [0.2, 0.25) is 0 Å². The number of carbonyl (C=O) groups excluding carboxylic acids is 2. The average molecular weight is 355 g/mol. The summed E-state index contributed by atoms with van der Waals surface area (Å²) < 4.78 is 13.5. The minimum Gasteiger partial charge on any atom is -0.321 e. The number of hydrogen-bond donors (Lipinski definition) is 2. The van der Waals surface area contributed by atoms with E-state index in [1.54, 1.807) is 43.3 Å². The predicted octanol–water partition coefficient (Wildman–Crippen LogP) is 4.10. The molecule has 0 fully saturated rings. The van der Waals surface area contributed by atoms with Gasteiger partial charge in [-0.1, -0.05) is 24.3 Å². The first-order chi connectivity index (χ1) is 12.0. The topological polar surface area (TPSA) is 71.1 Å². The first-order valence-electron chi connectivity index (χ1n) is 7.42. The Balaban J connectivity index is 1.67. The van der Waals surface area contributed by atoms with E-state index < -0.39 is 11.7 Å². The quantitative estimate of drug-likeness (QED) is 0.740. The Kier molecular flexibility index (Phi) is 4.85. The van der Waals surface area contributed by atoms with Crippen molar-refractivity contribution < 1.29 is 14.0 Å². The highest BCUT2D eigenvalue weighted by atomic mass is 32.1. The summed E-state index contributed by atoms with van der Waals surface area (Å²) >= 11 is 1.14. The Morgan fingerprint density at radius 3 is 2.52 bits per heavy atom. The van der Waals surface area contributed by atoms with Gasteiger partial charge in [0, 0.05) is 16.6 Å². The fraction of sp³-hybridized carbons (Fsp3) is 0.0556. The molecule has 0 bridgehead atoms. The highest BCUT2D eigenvalue weighted by molar-refractivity contribution is 7.14. The number of aryl methyl sites for hydroxylation is 1. The average Bonchev–Trinajstić information content (AvgIpc) is 3.07. The largest absolute Gasteiger partial charge is 0.321 e. The molecule has 0 atom stereocenters. The van der Waals surface area contributed by atoms with E-state index in [-0.39, 0.29) is 11.6 Å². The lowest BCUT2D eigenvalue weighted by atomic mass is 10.2. The summed E-state index contributed by atoms with van der Waals surface area (Å²) in [6.07, 6.45) is 0. The van der Waals surface area contributed by atoms with Crippen molar-refractivity contribution in [3.8, 4) is 0 Å². The molecule has 2 amide bonds. The van der Waals surface area contributed by atoms with Gasteiger partial charge in [-0.3, -0.25) is 14.9 Å². The molecular formula is C18H14FN3O2S. The third-order valence-corrected chi connectivity index (χ3v) is 4.18. The molecule has 0 saturated carbocycles. The minimum atomic E-state index is -0.472. The Morgan fingerprint density at radius 2 is 1.80 bits per heavy atom. The van der Waals surface area contributed by atoms with E-state index in [9.17, 15) is 14.0 Å². The number of benzene rings is 2. The zero-order valence-corrected chi connectivity index (χ0v) is 14.1. The van der Waals surface area contributed by atoms with Gasteiger partial charge >= 0.3 is 0 Å². The maximum absolute atomic E-state index is 13.5. The van der Waals surface area contributed by atoms with E-state index in [4.69, 9.17) is 0 Å². The van der Waals surface area contributed by atoms with E-state index >= 15 is 0 Å². The molecule has 2 aromatic carbocycles. The number of thiazole rings is 1. The Morgan fingerprint density at radius 1 is 1.04 bits per heavy atom. The van der Waals surface area contributed by atoms with Crippen molar-refractivity contribution in [2.45, 2.75) is 6.92 Å². The van der Waals surface area contributed by atoms with Gasteiger partial charge in [0.1, 0.15) is 11.5 Å². The van der Waals surface area contributed by atoms with E-state index in [2.05, 4.69) is 15.6 Å². The molecule has 126 valence electrons. The lowest BCUT2D eigenvalue weighted by Crippen LogP contribution is -2.14. The lowest BCUT2D eigenvalue weighted by Gasteiger charge is -2.04. The summed E-state index contributed by atoms with van der Waals surface area (Å²) in [5, 5.41) is 7.06. The number of aromatic nitrogens is 1. The zero-order chi connectivity index (χ0) is 17.8. The number of rotatable bonds is 4. The third kappa shape index (κ3) is 4.07. The number of halogens is 1. The summed E-state index contributed by atoms with van der Waals surface area (Å²) in [5.41, 5.74) is 1.49. The molecule has 7 heteroatoms. The van der Waals surface area contributed by atoms with Crippen LogP contribution in [0.25, 0.3) is 0 Å². The number of amides is 2. The van der Waals surface area contributed by atoms with Gasteiger partial charge in [-0.25, -0.2) is 9.37 Å². The van der Waals surface area contributed by atoms with E-state index in [0.717, 1.165) is 11.3 Å². The SMILES string of the molecule is Cc1ccc(NC(=O)c2csc(NC(=O)c3ccccc3)n2)cc1F. The predicted molar refractivity (Wildman–Crippen MR) is 95.6 cm³/mol. The van der Waals surface area contributed by atoms with Crippen LogP contribution in [-0.4, -0.2) is 16.8 Å². The number of anilines is 2. The van der Waals surface area contributed by atoms with Crippen molar-refractivity contribution in [3.63, 3.8) is 0 Å². The van der Waals surface area contributed by atoms with Crippen LogP contribution in [0.1, 0.15) is 26.4 Å². The van der Waals surface area contributed by atoms with Crippen LogP contribution in [-0.2, 0) is 0 Å². The second-order valence-electron chi connectivity index (χ2n) is 5.28. The number of carbonyl (C=O) groups is 2. The molecular weight excluding hydrogens is 341 g/mol. The van der Waals surface area contributed by atoms with Gasteiger partial charge in [0.15, 0.2) is 5.13 Å². The van der Waals surface area contributed by atoms with E-state index in [1.165, 1.54) is 11.4 Å². The normalized spacial score (nSPS) is 10.3. The minimum absolute atomic E-state index is 0.148. The van der Waals surface area contributed by atoms with E-state index in [1.807, 2.05) is 6.07 Å². The first kappa shape index (κ1) is 16.8. The molecule has 1 aromatic heterocycles. The van der Waals surface area contributed by atoms with Gasteiger partial charge in [-0.15, -0.1) is 11.3 Å². The fourth-order valence-electron chi connectivity index (χ4n) is 2.06. The van der Waals surface area contributed by atoms with Crippen LogP contribution in [0.3, 0.4) is 0 Å². The van der Waals surface area contributed by atoms with Gasteiger partial charge in [0.05, 0.1) is 0 Å². The number of nitrogens with one attached hydrogen (secondary N) is 2. The molecule has 0 radical (unpaired) electrons. The van der Waals surface area contributed by atoms with Crippen LogP contribution < -0.4 is 10.6 Å². The Hall–Kier alpha value is -3.06. The van der Waals surface area contributed by atoms with Crippen LogP contribution in [0.15, 0.2) is 53.9 Å². The molecule has 5 nitrogen and oxygen atoms in total. The molecule has 0 aliphatic heterocycles. The van der Waals surface area contributed by atoms with Crippen LogP contribution in [0, 0.1) is 12.7 Å². The summed E-state index contributed by atoms with van der Waals surface area (Å²) in [7, 11) is 0. The summed E-state index contributed by atoms with van der Waals surface area (Å²) in [6.45, 7) is 1.64. The summed E-state index contributed by atoms with van der Waals surface area (Å²) in [4.78, 5) is 28.3. The molecule has 25 heavy (non-hydrogen) atoms. The van der Waals surface area contributed by atoms with Gasteiger partial charge < -0.3 is 5.32 Å². The second-order valence-corrected chi connectivity index (χ2v) is 6.13. The molecule has 2 N–H and O–H groups in total. The second kappa shape index (κ2) is 7.23. The van der Waals surface area contributed by atoms with Crippen LogP contribution in [0.2, 0.25) is 0 Å². The number of hydrogen-bond acceptors (Lipinski definition) is 4. The molecule has 3 aromatic rings. The highest BCUT2D eigenvalue weighted by Gasteiger charge is 2.14. The molecule has 3 rings (SSSR count). The van der Waals surface area contributed by atoms with Crippen molar-refractivity contribution in [3.05, 3.63) is 76.5 Å². The highest BCUT2D eigenvalue weighted by Crippen LogP contribution is 2.19. The number of nitrogens with zero attached hydrogens (tertiary/aromatic N) is 1. The summed E-state index contributed by atoms with van der Waals surface area (Å²) in [6, 6.07) is 13.1. The first-order valence-corrected chi connectivity index (χ1v) is 8.30. The Bertz CT molecular complexity index is 925. The van der Waals surface area contributed by atoms with E-state index in [0.29, 0.717) is 21.9 Å². The fourth-order valence-corrected chi connectivity index (χ4v) is 2.75. The van der Waals surface area contributed by atoms with Gasteiger partial charge in [0.25, 0.3) is 11.8 Å². The van der Waals surface area contributed by atoms with Crippen molar-refractivity contribution in [2.24, 2.45) is 0 Å². The molecule has 0 saturated heterocycles. The van der Waals surface area contributed by atoms with Crippen molar-refractivity contribution in [1.82, 2.24) is 4.98 Å². The standard InChI is InChI=1S/C18H14FN3O2S/c1-11-7-8-13(9-14(11)19)20-17(24)15-10-25-18(21-15)22-16(23)12-5-3-2-4-6-12/h2-10H,1H3,(H,20,24)(H,21,22,23). The van der Waals surface area contributed by atoms with Crippen LogP contribution >= 0.6 is 11.3 Å². The van der Waals surface area contributed by atoms with Crippen LogP contribution in [0.4, 0.5) is 15.2 Å². The van der Waals surface area contributed by atoms with Crippen LogP contribution in [0.5, 0.6) is 0 Å². The Labute approximate surface area is 147 Å². The maximum atomic E-state index is 13.5. The van der Waals surface area contributed by atoms with Gasteiger partial charge in [-0.2, -0.15) is 0 Å². The van der Waals surface area contributed by atoms with Crippen molar-refractivity contribution in [1.29, 1.82) is 0 Å². The zero-order valence-electron chi connectivity index (χ0n) is 13.2. The van der Waals surface area contributed by atoms with Crippen molar-refractivity contribution in [2.75, 3.05) is 10.6 Å². The monoisotopic (exact) mass is 355 g/mol. The lowest BCUT2D eigenvalue weighted by molar-refractivity contribution is 0.101. The smallest absolute Gasteiger partial charge is 0.275 e. The third-order valence-electron chi connectivity index (χ3n) is 3.42. The molecule has 0 aliphatic carbocycles. The molecule has 0 aliphatic rings. The van der Waals surface area contributed by atoms with Crippen molar-refractivity contribution >= 4 is 34.0 Å². The molecule has 1 heterocycles. The van der Waals surface area contributed by atoms with Gasteiger partial charge in [-0.05, 0) is 36.8 Å². The summed E-state index contributed by atoms with van der Waals surface area (Å²) in [5.74, 6) is -1.17.